The molecule has 0 heterocycles. The summed E-state index contributed by atoms with van der Waals surface area (Å²) >= 11 is 0. The Morgan fingerprint density at radius 1 is 1.35 bits per heavy atom. The Morgan fingerprint density at radius 3 is 2.65 bits per heavy atom. The first-order chi connectivity index (χ1) is 8.24. The molecule has 4 nitrogen and oxygen atoms in total. The number of nitrogens with two attached hydrogens (primary N) is 1. The van der Waals surface area contributed by atoms with Crippen LogP contribution in [-0.4, -0.2) is 32.0 Å². The van der Waals surface area contributed by atoms with Gasteiger partial charge in [0.2, 0.25) is 0 Å². The number of ether oxygens (including phenoxy) is 2. The van der Waals surface area contributed by atoms with E-state index in [1.165, 1.54) is 0 Å². The molecule has 0 fully saturated rings. The molecule has 0 aliphatic rings. The van der Waals surface area contributed by atoms with Gasteiger partial charge >= 0.3 is 0 Å². The molecule has 0 saturated carbocycles. The molecule has 1 unspecified atom stereocenters. The maximum Gasteiger partial charge on any atom is 0.161 e. The van der Waals surface area contributed by atoms with Gasteiger partial charge in [0.25, 0.3) is 0 Å². The van der Waals surface area contributed by atoms with Crippen LogP contribution in [0.1, 0.15) is 12.5 Å². The van der Waals surface area contributed by atoms with Crippen LogP contribution >= 0.6 is 0 Å². The summed E-state index contributed by atoms with van der Waals surface area (Å²) in [6.45, 7) is 3.11. The fourth-order valence-corrected chi connectivity index (χ4v) is 1.67. The number of aliphatic hydroxyl groups is 1. The van der Waals surface area contributed by atoms with E-state index in [-0.39, 0.29) is 12.5 Å². The molecule has 17 heavy (non-hydrogen) atoms. The van der Waals surface area contributed by atoms with Crippen molar-refractivity contribution in [3.63, 3.8) is 0 Å². The maximum absolute atomic E-state index is 9.12. The van der Waals surface area contributed by atoms with Crippen LogP contribution < -0.4 is 15.2 Å². The van der Waals surface area contributed by atoms with Gasteiger partial charge in [-0.25, -0.2) is 0 Å². The van der Waals surface area contributed by atoms with E-state index < -0.39 is 0 Å². The molecule has 1 atom stereocenters. The van der Waals surface area contributed by atoms with Crippen molar-refractivity contribution in [1.29, 1.82) is 0 Å². The third kappa shape index (κ3) is 3.91. The summed E-state index contributed by atoms with van der Waals surface area (Å²) in [7, 11) is 1.62. The summed E-state index contributed by atoms with van der Waals surface area (Å²) in [6, 6.07) is 5.80. The van der Waals surface area contributed by atoms with Gasteiger partial charge in [0.1, 0.15) is 0 Å². The zero-order valence-corrected chi connectivity index (χ0v) is 10.5. The Hall–Kier alpha value is -1.26. The number of benzene rings is 1. The molecule has 3 N–H and O–H groups in total. The first-order valence-corrected chi connectivity index (χ1v) is 5.85. The quantitative estimate of drug-likeness (QED) is 0.750. The first kappa shape index (κ1) is 13.8. The molecule has 0 spiro atoms. The van der Waals surface area contributed by atoms with E-state index in [0.717, 1.165) is 23.5 Å². The van der Waals surface area contributed by atoms with Crippen LogP contribution in [0.4, 0.5) is 0 Å². The average molecular weight is 239 g/mol. The zero-order chi connectivity index (χ0) is 12.7. The Labute approximate surface area is 102 Å². The van der Waals surface area contributed by atoms with Gasteiger partial charge in [0.15, 0.2) is 11.5 Å². The molecule has 1 rings (SSSR count). The number of aliphatic hydroxyl groups excluding tert-OH is 1. The van der Waals surface area contributed by atoms with Gasteiger partial charge in [0, 0.05) is 6.61 Å². The summed E-state index contributed by atoms with van der Waals surface area (Å²) in [6.07, 6.45) is 0.747. The highest BCUT2D eigenvalue weighted by Gasteiger charge is 2.10. The highest BCUT2D eigenvalue weighted by Crippen LogP contribution is 2.28. The fraction of sp³-hybridized carbons (Fsp3) is 0.538. The smallest absolute Gasteiger partial charge is 0.161 e. The van der Waals surface area contributed by atoms with Crippen LogP contribution in [0.3, 0.4) is 0 Å². The van der Waals surface area contributed by atoms with Crippen molar-refractivity contribution in [2.24, 2.45) is 11.7 Å². The van der Waals surface area contributed by atoms with Crippen molar-refractivity contribution in [2.75, 3.05) is 26.9 Å². The number of hydrogen-bond acceptors (Lipinski definition) is 4. The van der Waals surface area contributed by atoms with Crippen molar-refractivity contribution >= 4 is 0 Å². The van der Waals surface area contributed by atoms with Crippen LogP contribution in [0.25, 0.3) is 0 Å². The summed E-state index contributed by atoms with van der Waals surface area (Å²) in [5.74, 6) is 1.56. The molecule has 4 heteroatoms. The lowest BCUT2D eigenvalue weighted by molar-refractivity contribution is 0.229. The summed E-state index contributed by atoms with van der Waals surface area (Å²) < 4.78 is 10.7. The number of methoxy groups -OCH3 is 1. The minimum Gasteiger partial charge on any atom is -0.493 e. The van der Waals surface area contributed by atoms with E-state index in [4.69, 9.17) is 20.3 Å². The van der Waals surface area contributed by atoms with Gasteiger partial charge in [-0.3, -0.25) is 0 Å². The highest BCUT2D eigenvalue weighted by atomic mass is 16.5. The minimum atomic E-state index is 0.0953. The van der Waals surface area contributed by atoms with E-state index in [1.807, 2.05) is 25.1 Å². The predicted molar refractivity (Wildman–Crippen MR) is 67.5 cm³/mol. The first-order valence-electron chi connectivity index (χ1n) is 5.85. The summed E-state index contributed by atoms with van der Waals surface area (Å²) in [5, 5.41) is 9.12. The second kappa shape index (κ2) is 7.14. The van der Waals surface area contributed by atoms with E-state index in [2.05, 4.69) is 0 Å². The molecule has 0 aliphatic heterocycles. The standard InChI is InChI=1S/C13H21NO3/c1-3-17-13-7-10(4-5-12(13)16-2)6-11(8-14)9-15/h4-5,7,11,15H,3,6,8-9,14H2,1-2H3. The van der Waals surface area contributed by atoms with E-state index >= 15 is 0 Å². The lowest BCUT2D eigenvalue weighted by Gasteiger charge is -2.14. The van der Waals surface area contributed by atoms with Gasteiger partial charge < -0.3 is 20.3 Å². The maximum atomic E-state index is 9.12. The van der Waals surface area contributed by atoms with Gasteiger partial charge in [-0.15, -0.1) is 0 Å². The van der Waals surface area contributed by atoms with Crippen LogP contribution in [0.5, 0.6) is 11.5 Å². The van der Waals surface area contributed by atoms with E-state index in [9.17, 15) is 0 Å². The number of rotatable bonds is 7. The highest BCUT2D eigenvalue weighted by molar-refractivity contribution is 5.43. The van der Waals surface area contributed by atoms with Crippen molar-refractivity contribution in [2.45, 2.75) is 13.3 Å². The van der Waals surface area contributed by atoms with Crippen LogP contribution in [0.15, 0.2) is 18.2 Å². The van der Waals surface area contributed by atoms with Gasteiger partial charge in [0.05, 0.1) is 13.7 Å². The number of hydrogen-bond donors (Lipinski definition) is 2. The van der Waals surface area contributed by atoms with E-state index in [0.29, 0.717) is 13.2 Å². The normalized spacial score (nSPS) is 12.2. The minimum absolute atomic E-state index is 0.0953. The molecule has 0 aromatic heterocycles. The van der Waals surface area contributed by atoms with Crippen LogP contribution in [0, 0.1) is 5.92 Å². The second-order valence-electron chi connectivity index (χ2n) is 3.91. The van der Waals surface area contributed by atoms with E-state index in [1.54, 1.807) is 7.11 Å². The molecule has 1 aromatic rings. The molecule has 1 aromatic carbocycles. The Balaban J connectivity index is 2.83. The molecule has 0 radical (unpaired) electrons. The largest absolute Gasteiger partial charge is 0.493 e. The lowest BCUT2D eigenvalue weighted by Crippen LogP contribution is -2.20. The van der Waals surface area contributed by atoms with Gasteiger partial charge in [-0.05, 0) is 43.5 Å². The topological polar surface area (TPSA) is 64.7 Å². The molecule has 0 aliphatic carbocycles. The third-order valence-corrected chi connectivity index (χ3v) is 2.64. The lowest BCUT2D eigenvalue weighted by atomic mass is 10.00. The molecule has 0 bridgehead atoms. The van der Waals surface area contributed by atoms with Crippen molar-refractivity contribution in [3.8, 4) is 11.5 Å². The monoisotopic (exact) mass is 239 g/mol. The van der Waals surface area contributed by atoms with Crippen molar-refractivity contribution < 1.29 is 14.6 Å². The van der Waals surface area contributed by atoms with Gasteiger partial charge in [-0.2, -0.15) is 0 Å². The average Bonchev–Trinajstić information content (AvgIpc) is 2.36. The fourth-order valence-electron chi connectivity index (χ4n) is 1.67. The SMILES string of the molecule is CCOc1cc(CC(CN)CO)ccc1OC. The third-order valence-electron chi connectivity index (χ3n) is 2.64. The zero-order valence-electron chi connectivity index (χ0n) is 10.5. The molecular weight excluding hydrogens is 218 g/mol. The molecule has 96 valence electrons. The summed E-state index contributed by atoms with van der Waals surface area (Å²) in [5.41, 5.74) is 6.66. The second-order valence-corrected chi connectivity index (χ2v) is 3.91. The Kier molecular flexibility index (Phi) is 5.80. The molecule has 0 amide bonds. The van der Waals surface area contributed by atoms with Crippen molar-refractivity contribution in [1.82, 2.24) is 0 Å². The Morgan fingerprint density at radius 2 is 2.12 bits per heavy atom. The van der Waals surface area contributed by atoms with Crippen LogP contribution in [-0.2, 0) is 6.42 Å². The molecule has 0 saturated heterocycles. The predicted octanol–water partition coefficient (Wildman–Crippen LogP) is 1.20. The van der Waals surface area contributed by atoms with Gasteiger partial charge in [-0.1, -0.05) is 6.07 Å². The van der Waals surface area contributed by atoms with Crippen molar-refractivity contribution in [3.05, 3.63) is 23.8 Å². The Bertz CT molecular complexity index is 337. The molecular formula is C13H21NO3. The van der Waals surface area contributed by atoms with Crippen LogP contribution in [0.2, 0.25) is 0 Å². The summed E-state index contributed by atoms with van der Waals surface area (Å²) in [4.78, 5) is 0.